The molecule has 0 saturated heterocycles. The molecule has 0 unspecified atom stereocenters. The average Bonchev–Trinajstić information content (AvgIpc) is 2.01. The second kappa shape index (κ2) is 4.61. The predicted octanol–water partition coefficient (Wildman–Crippen LogP) is 3.06. The summed E-state index contributed by atoms with van der Waals surface area (Å²) in [5.74, 6) is 0.862. The van der Waals surface area contributed by atoms with Crippen LogP contribution in [-0.2, 0) is 0 Å². The third kappa shape index (κ3) is 2.36. The van der Waals surface area contributed by atoms with Crippen molar-refractivity contribution in [2.45, 2.75) is 18.9 Å². The maximum absolute atomic E-state index is 10.6. The van der Waals surface area contributed by atoms with Crippen LogP contribution in [0.5, 0.6) is 0 Å². The molecule has 0 fully saturated rings. The number of aromatic nitrogens is 1. The number of halogens is 1. The molecule has 0 spiro atoms. The fourth-order valence-electron chi connectivity index (χ4n) is 1.04. The van der Waals surface area contributed by atoms with Crippen LogP contribution in [0.3, 0.4) is 0 Å². The van der Waals surface area contributed by atoms with Crippen LogP contribution in [0.2, 0.25) is 5.15 Å². The number of pyridine rings is 1. The van der Waals surface area contributed by atoms with Crippen molar-refractivity contribution in [3.05, 3.63) is 26.9 Å². The summed E-state index contributed by atoms with van der Waals surface area (Å²) in [6.07, 6.45) is 0. The Morgan fingerprint density at radius 1 is 1.71 bits per heavy atom. The number of rotatable bonds is 3. The van der Waals surface area contributed by atoms with Crippen molar-refractivity contribution >= 4 is 29.1 Å². The largest absolute Gasteiger partial charge is 0.309 e. The number of thioether (sulfide) groups is 1. The average molecular weight is 233 g/mol. The van der Waals surface area contributed by atoms with Crippen molar-refractivity contribution in [3.8, 4) is 0 Å². The summed E-state index contributed by atoms with van der Waals surface area (Å²) in [5.41, 5.74) is 0.443. The molecule has 76 valence electrons. The molecule has 0 aliphatic rings. The molecular formula is C8H9ClN2O2S. The molecule has 4 nitrogen and oxygen atoms in total. The Kier molecular flexibility index (Phi) is 3.71. The van der Waals surface area contributed by atoms with E-state index in [0.29, 0.717) is 5.56 Å². The van der Waals surface area contributed by atoms with Gasteiger partial charge in [-0.05, 0) is 18.7 Å². The van der Waals surface area contributed by atoms with Crippen LogP contribution in [-0.4, -0.2) is 15.7 Å². The van der Waals surface area contributed by atoms with Gasteiger partial charge < -0.3 is 0 Å². The first-order chi connectivity index (χ1) is 6.56. The van der Waals surface area contributed by atoms with E-state index in [4.69, 9.17) is 11.6 Å². The summed E-state index contributed by atoms with van der Waals surface area (Å²) in [6, 6.07) is 1.68. The van der Waals surface area contributed by atoms with Crippen LogP contribution < -0.4 is 0 Å². The van der Waals surface area contributed by atoms with Gasteiger partial charge in [0.1, 0.15) is 0 Å². The summed E-state index contributed by atoms with van der Waals surface area (Å²) < 4.78 is 0. The summed E-state index contributed by atoms with van der Waals surface area (Å²) in [6.45, 7) is 3.64. The molecule has 14 heavy (non-hydrogen) atoms. The Morgan fingerprint density at radius 2 is 2.36 bits per heavy atom. The van der Waals surface area contributed by atoms with Gasteiger partial charge in [0.15, 0.2) is 0 Å². The molecule has 0 radical (unpaired) electrons. The van der Waals surface area contributed by atoms with Gasteiger partial charge in [-0.3, -0.25) is 10.1 Å². The number of hydrogen-bond donors (Lipinski definition) is 0. The van der Waals surface area contributed by atoms with Crippen LogP contribution in [0.4, 0.5) is 5.69 Å². The highest BCUT2D eigenvalue weighted by atomic mass is 35.5. The summed E-state index contributed by atoms with van der Waals surface area (Å²) in [4.78, 5) is 14.0. The first-order valence-corrected chi connectivity index (χ1v) is 5.37. The highest BCUT2D eigenvalue weighted by molar-refractivity contribution is 7.99. The van der Waals surface area contributed by atoms with Crippen LogP contribution in [0.25, 0.3) is 0 Å². The van der Waals surface area contributed by atoms with E-state index in [9.17, 15) is 10.1 Å². The molecule has 0 aromatic carbocycles. The molecule has 6 heteroatoms. The van der Waals surface area contributed by atoms with Crippen molar-refractivity contribution in [1.29, 1.82) is 0 Å². The Hall–Kier alpha value is -0.810. The minimum atomic E-state index is -0.509. The van der Waals surface area contributed by atoms with E-state index in [1.54, 1.807) is 13.0 Å². The Morgan fingerprint density at radius 3 is 2.79 bits per heavy atom. The maximum atomic E-state index is 10.6. The molecule has 0 bridgehead atoms. The van der Waals surface area contributed by atoms with E-state index in [1.165, 1.54) is 11.8 Å². The summed E-state index contributed by atoms with van der Waals surface area (Å²) >= 11 is 7.21. The molecule has 1 rings (SSSR count). The Bertz CT molecular complexity index is 347. The second-order valence-corrected chi connectivity index (χ2v) is 4.25. The normalized spacial score (nSPS) is 10.2. The fourth-order valence-corrected chi connectivity index (χ4v) is 2.11. The zero-order chi connectivity index (χ0) is 10.7. The number of nitrogens with zero attached hydrogens (tertiary/aromatic N) is 2. The number of nitro groups is 1. The standard InChI is InChI=1S/C8H9ClN2O2S/c1-3-14-6-4-5(2)7(11(12)13)8(9)10-6/h4H,3H2,1-2H3. The highest BCUT2D eigenvalue weighted by Gasteiger charge is 2.18. The molecule has 0 saturated carbocycles. The lowest BCUT2D eigenvalue weighted by Crippen LogP contribution is -1.96. The summed E-state index contributed by atoms with van der Waals surface area (Å²) in [5, 5.41) is 11.3. The van der Waals surface area contributed by atoms with E-state index in [2.05, 4.69) is 4.98 Å². The molecule has 0 N–H and O–H groups in total. The van der Waals surface area contributed by atoms with Crippen LogP contribution in [0.15, 0.2) is 11.1 Å². The lowest BCUT2D eigenvalue weighted by Gasteiger charge is -2.02. The number of hydrogen-bond acceptors (Lipinski definition) is 4. The van der Waals surface area contributed by atoms with Gasteiger partial charge in [-0.15, -0.1) is 11.8 Å². The maximum Gasteiger partial charge on any atom is 0.309 e. The van der Waals surface area contributed by atoms with Crippen LogP contribution >= 0.6 is 23.4 Å². The predicted molar refractivity (Wildman–Crippen MR) is 57.0 cm³/mol. The zero-order valence-electron chi connectivity index (χ0n) is 7.78. The van der Waals surface area contributed by atoms with E-state index >= 15 is 0 Å². The summed E-state index contributed by atoms with van der Waals surface area (Å²) in [7, 11) is 0. The van der Waals surface area contributed by atoms with Crippen LogP contribution in [0, 0.1) is 17.0 Å². The topological polar surface area (TPSA) is 56.0 Å². The smallest absolute Gasteiger partial charge is 0.258 e. The molecule has 1 aromatic heterocycles. The fraction of sp³-hybridized carbons (Fsp3) is 0.375. The number of aryl methyl sites for hydroxylation is 1. The SMILES string of the molecule is CCSc1cc(C)c([N+](=O)[O-])c(Cl)n1. The Balaban J connectivity index is 3.18. The lowest BCUT2D eigenvalue weighted by atomic mass is 10.2. The molecule has 0 amide bonds. The van der Waals surface area contributed by atoms with Crippen molar-refractivity contribution < 1.29 is 4.92 Å². The van der Waals surface area contributed by atoms with Crippen LogP contribution in [0.1, 0.15) is 12.5 Å². The van der Waals surface area contributed by atoms with Gasteiger partial charge in [0, 0.05) is 5.56 Å². The van der Waals surface area contributed by atoms with E-state index in [-0.39, 0.29) is 10.8 Å². The van der Waals surface area contributed by atoms with E-state index in [1.807, 2.05) is 6.92 Å². The molecular weight excluding hydrogens is 224 g/mol. The molecule has 0 aliphatic carbocycles. The van der Waals surface area contributed by atoms with Gasteiger partial charge >= 0.3 is 5.69 Å². The van der Waals surface area contributed by atoms with Crippen molar-refractivity contribution in [1.82, 2.24) is 4.98 Å². The van der Waals surface area contributed by atoms with Gasteiger partial charge in [-0.25, -0.2) is 4.98 Å². The van der Waals surface area contributed by atoms with Crippen molar-refractivity contribution in [3.63, 3.8) is 0 Å². The first-order valence-electron chi connectivity index (χ1n) is 4.00. The quantitative estimate of drug-likeness (QED) is 0.348. The zero-order valence-corrected chi connectivity index (χ0v) is 9.35. The van der Waals surface area contributed by atoms with Crippen molar-refractivity contribution in [2.75, 3.05) is 5.75 Å². The van der Waals surface area contributed by atoms with E-state index < -0.39 is 4.92 Å². The highest BCUT2D eigenvalue weighted by Crippen LogP contribution is 2.29. The van der Waals surface area contributed by atoms with Gasteiger partial charge in [0.25, 0.3) is 0 Å². The van der Waals surface area contributed by atoms with E-state index in [0.717, 1.165) is 10.8 Å². The monoisotopic (exact) mass is 232 g/mol. The molecule has 0 atom stereocenters. The molecule has 1 heterocycles. The van der Waals surface area contributed by atoms with Gasteiger partial charge in [0.2, 0.25) is 5.15 Å². The Labute approximate surface area is 90.8 Å². The molecule has 1 aromatic rings. The second-order valence-electron chi connectivity index (χ2n) is 2.61. The van der Waals surface area contributed by atoms with Crippen molar-refractivity contribution in [2.24, 2.45) is 0 Å². The van der Waals surface area contributed by atoms with Gasteiger partial charge in [0.05, 0.1) is 9.95 Å². The first kappa shape index (κ1) is 11.3. The van der Waals surface area contributed by atoms with Gasteiger partial charge in [-0.1, -0.05) is 18.5 Å². The minimum Gasteiger partial charge on any atom is -0.258 e. The van der Waals surface area contributed by atoms with Gasteiger partial charge in [-0.2, -0.15) is 0 Å². The third-order valence-corrected chi connectivity index (χ3v) is 2.65. The molecule has 0 aliphatic heterocycles. The minimum absolute atomic E-state index is 0.0362. The third-order valence-electron chi connectivity index (χ3n) is 1.59. The lowest BCUT2D eigenvalue weighted by molar-refractivity contribution is -0.385.